The minimum Gasteiger partial charge on any atom is -0.349 e. The first-order valence-electron chi connectivity index (χ1n) is 7.87. The molecule has 3 heteroatoms. The van der Waals surface area contributed by atoms with E-state index in [1.165, 1.54) is 11.1 Å². The van der Waals surface area contributed by atoms with Gasteiger partial charge in [-0.25, -0.2) is 0 Å². The SMILES string of the molecule is Cc1ccccc1C(NC(=O)C(C)C1CNC1)C(C)(C)C. The van der Waals surface area contributed by atoms with Gasteiger partial charge in [0.05, 0.1) is 6.04 Å². The average Bonchev–Trinajstić information content (AvgIpc) is 2.33. The van der Waals surface area contributed by atoms with E-state index in [1.54, 1.807) is 0 Å². The number of amides is 1. The van der Waals surface area contributed by atoms with E-state index in [-0.39, 0.29) is 23.3 Å². The Labute approximate surface area is 128 Å². The molecule has 1 heterocycles. The van der Waals surface area contributed by atoms with Crippen molar-refractivity contribution >= 4 is 5.91 Å². The molecule has 3 nitrogen and oxygen atoms in total. The van der Waals surface area contributed by atoms with Gasteiger partial charge in [0.15, 0.2) is 0 Å². The van der Waals surface area contributed by atoms with E-state index in [4.69, 9.17) is 0 Å². The molecule has 1 aliphatic rings. The van der Waals surface area contributed by atoms with Crippen molar-refractivity contribution in [1.29, 1.82) is 0 Å². The van der Waals surface area contributed by atoms with Crippen LogP contribution < -0.4 is 10.6 Å². The number of aryl methyl sites for hydroxylation is 1. The third-order valence-electron chi connectivity index (χ3n) is 4.59. The van der Waals surface area contributed by atoms with E-state index in [0.717, 1.165) is 13.1 Å². The normalized spacial score (nSPS) is 18.7. The standard InChI is InChI=1S/C18H28N2O/c1-12-8-6-7-9-15(12)16(18(3,4)5)20-17(21)13(2)14-10-19-11-14/h6-9,13-14,16,19H,10-11H2,1-5H3,(H,20,21). The summed E-state index contributed by atoms with van der Waals surface area (Å²) in [6.45, 7) is 12.6. The summed E-state index contributed by atoms with van der Waals surface area (Å²) < 4.78 is 0. The van der Waals surface area contributed by atoms with Gasteiger partial charge in [0.2, 0.25) is 5.91 Å². The van der Waals surface area contributed by atoms with Crippen molar-refractivity contribution in [3.05, 3.63) is 35.4 Å². The topological polar surface area (TPSA) is 41.1 Å². The largest absolute Gasteiger partial charge is 0.349 e. The molecule has 0 spiro atoms. The van der Waals surface area contributed by atoms with Crippen LogP contribution in [0.5, 0.6) is 0 Å². The molecular weight excluding hydrogens is 260 g/mol. The lowest BCUT2D eigenvalue weighted by molar-refractivity contribution is -0.128. The maximum Gasteiger partial charge on any atom is 0.223 e. The van der Waals surface area contributed by atoms with Crippen molar-refractivity contribution in [2.75, 3.05) is 13.1 Å². The smallest absolute Gasteiger partial charge is 0.223 e. The van der Waals surface area contributed by atoms with Crippen LogP contribution in [-0.2, 0) is 4.79 Å². The zero-order valence-electron chi connectivity index (χ0n) is 13.9. The molecule has 0 radical (unpaired) electrons. The van der Waals surface area contributed by atoms with Crippen molar-refractivity contribution < 1.29 is 4.79 Å². The Morgan fingerprint density at radius 3 is 2.38 bits per heavy atom. The number of hydrogen-bond acceptors (Lipinski definition) is 2. The number of nitrogens with one attached hydrogen (secondary N) is 2. The first-order chi connectivity index (χ1) is 9.80. The van der Waals surface area contributed by atoms with E-state index in [1.807, 2.05) is 19.1 Å². The van der Waals surface area contributed by atoms with Crippen molar-refractivity contribution in [1.82, 2.24) is 10.6 Å². The number of hydrogen-bond donors (Lipinski definition) is 2. The van der Waals surface area contributed by atoms with E-state index in [0.29, 0.717) is 5.92 Å². The maximum absolute atomic E-state index is 12.6. The minimum atomic E-state index is -0.0145. The molecule has 2 unspecified atom stereocenters. The summed E-state index contributed by atoms with van der Waals surface area (Å²) in [6, 6.07) is 8.37. The zero-order chi connectivity index (χ0) is 15.6. The number of carbonyl (C=O) groups is 1. The first-order valence-corrected chi connectivity index (χ1v) is 7.87. The molecule has 1 fully saturated rings. The van der Waals surface area contributed by atoms with Crippen LogP contribution >= 0.6 is 0 Å². The second-order valence-electron chi connectivity index (χ2n) is 7.37. The van der Waals surface area contributed by atoms with Gasteiger partial charge < -0.3 is 10.6 Å². The van der Waals surface area contributed by atoms with Crippen LogP contribution in [0.3, 0.4) is 0 Å². The summed E-state index contributed by atoms with van der Waals surface area (Å²) >= 11 is 0. The summed E-state index contributed by atoms with van der Waals surface area (Å²) in [7, 11) is 0. The molecule has 1 aromatic carbocycles. The molecule has 1 aromatic rings. The van der Waals surface area contributed by atoms with Gasteiger partial charge in [-0.2, -0.15) is 0 Å². The highest BCUT2D eigenvalue weighted by molar-refractivity contribution is 5.79. The van der Waals surface area contributed by atoms with Gasteiger partial charge in [-0.1, -0.05) is 52.0 Å². The quantitative estimate of drug-likeness (QED) is 0.894. The predicted molar refractivity (Wildman–Crippen MR) is 87.0 cm³/mol. The Hall–Kier alpha value is -1.35. The van der Waals surface area contributed by atoms with Crippen LogP contribution in [0, 0.1) is 24.2 Å². The molecule has 2 atom stereocenters. The minimum absolute atomic E-state index is 0.0145. The Morgan fingerprint density at radius 2 is 1.90 bits per heavy atom. The average molecular weight is 288 g/mol. The summed E-state index contributed by atoms with van der Waals surface area (Å²) in [5.74, 6) is 0.715. The molecule has 1 saturated heterocycles. The number of rotatable bonds is 4. The summed E-state index contributed by atoms with van der Waals surface area (Å²) in [5.41, 5.74) is 2.44. The van der Waals surface area contributed by atoms with Crippen LogP contribution in [0.25, 0.3) is 0 Å². The van der Waals surface area contributed by atoms with Gasteiger partial charge in [-0.05, 0) is 42.5 Å². The summed E-state index contributed by atoms with van der Waals surface area (Å²) in [4.78, 5) is 12.6. The van der Waals surface area contributed by atoms with Gasteiger partial charge in [-0.15, -0.1) is 0 Å². The highest BCUT2D eigenvalue weighted by atomic mass is 16.2. The Kier molecular flexibility index (Phi) is 4.72. The predicted octanol–water partition coefficient (Wildman–Crippen LogP) is 3.05. The molecule has 1 aliphatic heterocycles. The summed E-state index contributed by atoms with van der Waals surface area (Å²) in [5, 5.41) is 6.54. The van der Waals surface area contributed by atoms with E-state index < -0.39 is 0 Å². The molecule has 0 saturated carbocycles. The van der Waals surface area contributed by atoms with Crippen LogP contribution in [0.2, 0.25) is 0 Å². The number of benzene rings is 1. The molecular formula is C18H28N2O. The van der Waals surface area contributed by atoms with Crippen molar-refractivity contribution in [3.63, 3.8) is 0 Å². The lowest BCUT2D eigenvalue weighted by Crippen LogP contribution is -2.50. The molecule has 0 aliphatic carbocycles. The highest BCUT2D eigenvalue weighted by Crippen LogP contribution is 2.34. The molecule has 116 valence electrons. The van der Waals surface area contributed by atoms with Gasteiger partial charge in [0.25, 0.3) is 0 Å². The Bertz CT molecular complexity index is 500. The van der Waals surface area contributed by atoms with E-state index in [9.17, 15) is 4.79 Å². The van der Waals surface area contributed by atoms with Crippen molar-refractivity contribution in [2.24, 2.45) is 17.3 Å². The van der Waals surface area contributed by atoms with Crippen LogP contribution in [0.1, 0.15) is 44.9 Å². The van der Waals surface area contributed by atoms with Crippen LogP contribution in [0.15, 0.2) is 24.3 Å². The molecule has 2 rings (SSSR count). The lowest BCUT2D eigenvalue weighted by Gasteiger charge is -2.36. The maximum atomic E-state index is 12.6. The van der Waals surface area contributed by atoms with Gasteiger partial charge in [0, 0.05) is 5.92 Å². The first kappa shape index (κ1) is 16.0. The fraction of sp³-hybridized carbons (Fsp3) is 0.611. The third-order valence-corrected chi connectivity index (χ3v) is 4.59. The molecule has 0 bridgehead atoms. The summed E-state index contributed by atoms with van der Waals surface area (Å²) in [6.07, 6.45) is 0. The Balaban J connectivity index is 2.18. The van der Waals surface area contributed by atoms with E-state index in [2.05, 4.69) is 50.5 Å². The fourth-order valence-electron chi connectivity index (χ4n) is 2.82. The zero-order valence-corrected chi connectivity index (χ0v) is 13.9. The van der Waals surface area contributed by atoms with Crippen molar-refractivity contribution in [3.8, 4) is 0 Å². The van der Waals surface area contributed by atoms with E-state index >= 15 is 0 Å². The molecule has 2 N–H and O–H groups in total. The third kappa shape index (κ3) is 3.65. The molecule has 0 aromatic heterocycles. The van der Waals surface area contributed by atoms with Gasteiger partial charge in [-0.3, -0.25) is 4.79 Å². The highest BCUT2D eigenvalue weighted by Gasteiger charge is 2.33. The van der Waals surface area contributed by atoms with Gasteiger partial charge >= 0.3 is 0 Å². The van der Waals surface area contributed by atoms with Crippen LogP contribution in [0.4, 0.5) is 0 Å². The Morgan fingerprint density at radius 1 is 1.29 bits per heavy atom. The molecule has 1 amide bonds. The lowest BCUT2D eigenvalue weighted by atomic mass is 9.80. The van der Waals surface area contributed by atoms with Crippen molar-refractivity contribution in [2.45, 2.75) is 40.7 Å². The second kappa shape index (κ2) is 6.18. The fourth-order valence-corrected chi connectivity index (χ4v) is 2.82. The number of carbonyl (C=O) groups excluding carboxylic acids is 1. The second-order valence-corrected chi connectivity index (χ2v) is 7.37. The molecule has 21 heavy (non-hydrogen) atoms. The van der Waals surface area contributed by atoms with Gasteiger partial charge in [0.1, 0.15) is 0 Å². The van der Waals surface area contributed by atoms with Crippen LogP contribution in [-0.4, -0.2) is 19.0 Å². The monoisotopic (exact) mass is 288 g/mol.